The van der Waals surface area contributed by atoms with E-state index in [1.54, 1.807) is 18.2 Å². The maximum atomic E-state index is 12.1. The Morgan fingerprint density at radius 1 is 1.38 bits per heavy atom. The zero-order valence-electron chi connectivity index (χ0n) is 9.34. The van der Waals surface area contributed by atoms with Gasteiger partial charge in [-0.15, -0.1) is 12.1 Å². The van der Waals surface area contributed by atoms with Gasteiger partial charge in [0.25, 0.3) is 0 Å². The fourth-order valence-corrected chi connectivity index (χ4v) is 0.976. The van der Waals surface area contributed by atoms with Crippen LogP contribution in [0.3, 0.4) is 0 Å². The molecule has 0 N–H and O–H groups in total. The molecule has 0 spiro atoms. The first kappa shape index (κ1) is 16.3. The third-order valence-corrected chi connectivity index (χ3v) is 1.88. The van der Waals surface area contributed by atoms with Crippen LogP contribution in [0.5, 0.6) is 5.75 Å². The van der Waals surface area contributed by atoms with Gasteiger partial charge < -0.3 is 17.7 Å². The summed E-state index contributed by atoms with van der Waals surface area (Å²) in [4.78, 5) is 0. The van der Waals surface area contributed by atoms with Crippen LogP contribution >= 0.6 is 0 Å². The molecule has 16 heavy (non-hydrogen) atoms. The number of aryl methyl sites for hydroxylation is 1. The fourth-order valence-electron chi connectivity index (χ4n) is 0.976. The molecule has 0 saturated heterocycles. The van der Waals surface area contributed by atoms with Crippen molar-refractivity contribution in [1.82, 2.24) is 0 Å². The number of hydrogen-bond donors (Lipinski definition) is 0. The van der Waals surface area contributed by atoms with Gasteiger partial charge in [0.05, 0.1) is 6.61 Å². The van der Waals surface area contributed by atoms with E-state index in [1.807, 2.05) is 13.0 Å². The minimum atomic E-state index is -5.00. The van der Waals surface area contributed by atoms with Gasteiger partial charge in [0.2, 0.25) is 0 Å². The summed E-state index contributed by atoms with van der Waals surface area (Å²) in [5.41, 5.74) is 0.118. The van der Waals surface area contributed by atoms with E-state index in [1.165, 1.54) is 0 Å². The average molecular weight is 254 g/mol. The molecule has 0 saturated carbocycles. The number of rotatable bonds is 4. The second-order valence-corrected chi connectivity index (χ2v) is 3.34. The Morgan fingerprint density at radius 2 is 2.00 bits per heavy atom. The molecule has 0 unspecified atom stereocenters. The Kier molecular flexibility index (Phi) is 6.97. The molecule has 0 heterocycles. The van der Waals surface area contributed by atoms with Gasteiger partial charge in [0.15, 0.2) is 0 Å². The summed E-state index contributed by atoms with van der Waals surface area (Å²) in [5.74, 6) is 0.427. The second kappa shape index (κ2) is 6.86. The van der Waals surface area contributed by atoms with E-state index < -0.39 is 19.1 Å². The molecule has 1 rings (SSSR count). The smallest absolute Gasteiger partial charge is 0.492 e. The first-order chi connectivity index (χ1) is 6.89. The van der Waals surface area contributed by atoms with Crippen molar-refractivity contribution in [3.63, 3.8) is 0 Å². The van der Waals surface area contributed by atoms with Crippen molar-refractivity contribution >= 4 is 6.98 Å². The zero-order chi connectivity index (χ0) is 11.5. The number of ether oxygens (including phenoxy) is 1. The van der Waals surface area contributed by atoms with Gasteiger partial charge in [-0.25, -0.2) is 0 Å². The molecule has 82 valence electrons. The van der Waals surface area contributed by atoms with Crippen LogP contribution in [0.2, 0.25) is 0 Å². The molecule has 0 aromatic heterocycles. The number of benzene rings is 1. The van der Waals surface area contributed by atoms with E-state index in [2.05, 4.69) is 6.58 Å². The summed E-state index contributed by atoms with van der Waals surface area (Å²) in [6.07, 6.45) is 0. The quantitative estimate of drug-likeness (QED) is 0.703. The summed E-state index contributed by atoms with van der Waals surface area (Å²) < 4.78 is 41.3. The Hall–Kier alpha value is 0.251. The molecule has 0 bridgehead atoms. The standard InChI is InChI=1S/C10H11BF3O.K/c1-8-4-3-5-10(6-8)15-7-9(2)11(12,13)14;/h3-6H,2,7H2,1H3;/q-1;+1. The molecule has 0 aliphatic rings. The molecular formula is C10H11BF3KO. The fraction of sp³-hybridized carbons (Fsp3) is 0.200. The van der Waals surface area contributed by atoms with Crippen LogP contribution in [0, 0.1) is 6.92 Å². The predicted octanol–water partition coefficient (Wildman–Crippen LogP) is 0.321. The van der Waals surface area contributed by atoms with Crippen LogP contribution in [-0.4, -0.2) is 13.6 Å². The molecule has 6 heteroatoms. The monoisotopic (exact) mass is 254 g/mol. The van der Waals surface area contributed by atoms with Gasteiger partial charge in [0.1, 0.15) is 5.75 Å². The Balaban J connectivity index is 0.00000225. The van der Waals surface area contributed by atoms with E-state index in [0.717, 1.165) is 5.56 Å². The summed E-state index contributed by atoms with van der Waals surface area (Å²) in [6, 6.07) is 6.86. The van der Waals surface area contributed by atoms with Crippen LogP contribution in [0.25, 0.3) is 0 Å². The first-order valence-electron chi connectivity index (χ1n) is 4.46. The molecule has 0 aliphatic heterocycles. The van der Waals surface area contributed by atoms with Crippen molar-refractivity contribution in [1.29, 1.82) is 0 Å². The average Bonchev–Trinajstić information content (AvgIpc) is 2.12. The third-order valence-electron chi connectivity index (χ3n) is 1.88. The number of halogens is 3. The Labute approximate surface area is 136 Å². The van der Waals surface area contributed by atoms with Crippen molar-refractivity contribution in [3.05, 3.63) is 41.9 Å². The number of hydrogen-bond acceptors (Lipinski definition) is 1. The molecule has 1 aromatic carbocycles. The maximum Gasteiger partial charge on any atom is 1.00 e. The van der Waals surface area contributed by atoms with E-state index in [9.17, 15) is 12.9 Å². The normalized spacial score (nSPS) is 10.5. The van der Waals surface area contributed by atoms with Crippen LogP contribution in [0.1, 0.15) is 5.56 Å². The molecule has 0 fully saturated rings. The molecular weight excluding hydrogens is 243 g/mol. The summed E-state index contributed by atoms with van der Waals surface area (Å²) in [7, 11) is 0. The van der Waals surface area contributed by atoms with Crippen LogP contribution in [0.4, 0.5) is 12.9 Å². The molecule has 0 atom stereocenters. The summed E-state index contributed by atoms with van der Waals surface area (Å²) in [5, 5.41) is 0. The molecule has 1 aromatic rings. The van der Waals surface area contributed by atoms with Crippen molar-refractivity contribution in [3.8, 4) is 5.75 Å². The zero-order valence-corrected chi connectivity index (χ0v) is 12.5. The first-order valence-corrected chi connectivity index (χ1v) is 4.46. The maximum absolute atomic E-state index is 12.1. The van der Waals surface area contributed by atoms with Gasteiger partial charge in [-0.3, -0.25) is 0 Å². The van der Waals surface area contributed by atoms with Gasteiger partial charge in [-0.05, 0) is 24.6 Å². The largest absolute Gasteiger partial charge is 1.00 e. The van der Waals surface area contributed by atoms with Crippen molar-refractivity contribution < 1.29 is 69.1 Å². The van der Waals surface area contributed by atoms with Gasteiger partial charge in [0, 0.05) is 0 Å². The van der Waals surface area contributed by atoms with Crippen molar-refractivity contribution in [2.45, 2.75) is 6.92 Å². The third kappa shape index (κ3) is 5.54. The molecule has 1 nitrogen and oxygen atoms in total. The van der Waals surface area contributed by atoms with Crippen molar-refractivity contribution in [2.24, 2.45) is 0 Å². The summed E-state index contributed by atoms with van der Waals surface area (Å²) >= 11 is 0. The van der Waals surface area contributed by atoms with E-state index >= 15 is 0 Å². The summed E-state index contributed by atoms with van der Waals surface area (Å²) in [6.45, 7) is -0.721. The van der Waals surface area contributed by atoms with Gasteiger partial charge in [-0.1, -0.05) is 12.1 Å². The van der Waals surface area contributed by atoms with Crippen LogP contribution in [0.15, 0.2) is 36.3 Å². The van der Waals surface area contributed by atoms with E-state index in [4.69, 9.17) is 4.74 Å². The second-order valence-electron chi connectivity index (χ2n) is 3.34. The Morgan fingerprint density at radius 3 is 2.50 bits per heavy atom. The van der Waals surface area contributed by atoms with Crippen molar-refractivity contribution in [2.75, 3.05) is 6.61 Å². The molecule has 0 aliphatic carbocycles. The SMILES string of the molecule is C=C(COc1cccc(C)c1)[B-](F)(F)F.[K+]. The molecule has 0 radical (unpaired) electrons. The van der Waals surface area contributed by atoms with Crippen LogP contribution in [-0.2, 0) is 0 Å². The minimum absolute atomic E-state index is 0. The van der Waals surface area contributed by atoms with Gasteiger partial charge >= 0.3 is 58.4 Å². The topological polar surface area (TPSA) is 9.23 Å². The van der Waals surface area contributed by atoms with E-state index in [-0.39, 0.29) is 51.4 Å². The van der Waals surface area contributed by atoms with Gasteiger partial charge in [-0.2, -0.15) is 0 Å². The molecule has 0 amide bonds. The van der Waals surface area contributed by atoms with Crippen LogP contribution < -0.4 is 56.1 Å². The predicted molar refractivity (Wildman–Crippen MR) is 54.9 cm³/mol. The Bertz CT molecular complexity index is 365. The van der Waals surface area contributed by atoms with E-state index in [0.29, 0.717) is 5.75 Å². The minimum Gasteiger partial charge on any atom is -0.492 e.